The van der Waals surface area contributed by atoms with Crippen molar-refractivity contribution in [1.29, 1.82) is 0 Å². The summed E-state index contributed by atoms with van der Waals surface area (Å²) < 4.78 is 0. The molecule has 0 radical (unpaired) electrons. The summed E-state index contributed by atoms with van der Waals surface area (Å²) in [7, 11) is 8.96. The Bertz CT molecular complexity index is 1350. The number of amides is 4. The molecule has 4 N–H and O–H groups in total. The predicted molar refractivity (Wildman–Crippen MR) is 149 cm³/mol. The van der Waals surface area contributed by atoms with Crippen molar-refractivity contribution >= 4 is 40.7 Å². The second-order valence-corrected chi connectivity index (χ2v) is 10.2. The van der Waals surface area contributed by atoms with E-state index in [4.69, 9.17) is 0 Å². The number of anilines is 3. The van der Waals surface area contributed by atoms with Gasteiger partial charge in [0.15, 0.2) is 0 Å². The molecule has 1 aliphatic rings. The molecule has 0 saturated heterocycles. The Morgan fingerprint density at radius 1 is 0.744 bits per heavy atom. The Hall–Kier alpha value is -4.32. The molecule has 4 rings (SSSR count). The zero-order valence-corrected chi connectivity index (χ0v) is 23.0. The Morgan fingerprint density at radius 2 is 1.26 bits per heavy atom. The third-order valence-corrected chi connectivity index (χ3v) is 6.75. The molecule has 208 valence electrons. The van der Waals surface area contributed by atoms with Crippen LogP contribution in [-0.4, -0.2) is 96.7 Å². The first kappa shape index (κ1) is 27.7. The number of hydrogen-bond donors (Lipinski definition) is 4. The van der Waals surface area contributed by atoms with Crippen molar-refractivity contribution in [2.24, 2.45) is 5.92 Å². The van der Waals surface area contributed by atoms with E-state index in [0.717, 1.165) is 25.8 Å². The van der Waals surface area contributed by atoms with E-state index in [1.807, 2.05) is 14.1 Å². The maximum Gasteiger partial charge on any atom is 0.274 e. The number of H-pyrrole nitrogens is 3. The fourth-order valence-electron chi connectivity index (χ4n) is 4.11. The first-order valence-electron chi connectivity index (χ1n) is 12.9. The van der Waals surface area contributed by atoms with Crippen LogP contribution in [0.1, 0.15) is 50.7 Å². The quantitative estimate of drug-likeness (QED) is 0.298. The van der Waals surface area contributed by atoms with E-state index < -0.39 is 0 Å². The molecular weight excluding hydrogens is 500 g/mol. The molecule has 0 aromatic carbocycles. The van der Waals surface area contributed by atoms with Gasteiger partial charge in [0.1, 0.15) is 17.1 Å². The van der Waals surface area contributed by atoms with Gasteiger partial charge in [0.05, 0.1) is 17.1 Å². The Morgan fingerprint density at radius 3 is 1.79 bits per heavy atom. The molecule has 4 amide bonds. The number of carbonyl (C=O) groups is 4. The molecule has 0 bridgehead atoms. The summed E-state index contributed by atoms with van der Waals surface area (Å²) in [5.41, 5.74) is 2.57. The highest BCUT2D eigenvalue weighted by Gasteiger charge is 2.30. The Kier molecular flexibility index (Phi) is 8.24. The SMILES string of the molecule is CN(C)CCCN(C)C(=O)c1cc(N(C)C(=O)c2cc(N(C)C(=O)c3cc(NC(=O)C4CC4)c[nH]3)c[nH]2)c[nH]1. The van der Waals surface area contributed by atoms with Crippen molar-refractivity contribution in [3.63, 3.8) is 0 Å². The topological polar surface area (TPSA) is 141 Å². The maximum atomic E-state index is 13.1. The lowest BCUT2D eigenvalue weighted by atomic mass is 10.3. The standard InChI is InChI=1S/C27H36N8O4/c1-32(2)9-6-10-33(3)25(37)22-12-19(15-29-22)35(5)27(39)23-13-20(16-30-23)34(4)26(38)21-11-18(14-28-21)31-24(36)17-7-8-17/h11-17,28-30H,6-10H2,1-5H3,(H,31,36). The summed E-state index contributed by atoms with van der Waals surface area (Å²) >= 11 is 0. The summed E-state index contributed by atoms with van der Waals surface area (Å²) in [5.74, 6) is -0.775. The number of aromatic nitrogens is 3. The molecule has 0 unspecified atom stereocenters. The largest absolute Gasteiger partial charge is 0.355 e. The summed E-state index contributed by atoms with van der Waals surface area (Å²) in [4.78, 5) is 66.2. The molecule has 3 aromatic rings. The van der Waals surface area contributed by atoms with Gasteiger partial charge in [-0.25, -0.2) is 0 Å². The normalized spacial score (nSPS) is 12.9. The summed E-state index contributed by atoms with van der Waals surface area (Å²) in [5, 5.41) is 2.81. The van der Waals surface area contributed by atoms with Crippen LogP contribution >= 0.6 is 0 Å². The number of rotatable bonds is 11. The third-order valence-electron chi connectivity index (χ3n) is 6.75. The van der Waals surface area contributed by atoms with Gasteiger partial charge in [-0.3, -0.25) is 19.2 Å². The molecule has 12 heteroatoms. The summed E-state index contributed by atoms with van der Waals surface area (Å²) in [6, 6.07) is 4.83. The second kappa shape index (κ2) is 11.6. The van der Waals surface area contributed by atoms with Crippen LogP contribution in [0.25, 0.3) is 0 Å². The summed E-state index contributed by atoms with van der Waals surface area (Å²) in [6.45, 7) is 1.50. The fourth-order valence-corrected chi connectivity index (χ4v) is 4.11. The van der Waals surface area contributed by atoms with E-state index in [2.05, 4.69) is 25.2 Å². The fraction of sp³-hybridized carbons (Fsp3) is 0.407. The van der Waals surface area contributed by atoms with Gasteiger partial charge in [0, 0.05) is 52.2 Å². The van der Waals surface area contributed by atoms with Gasteiger partial charge in [-0.1, -0.05) is 0 Å². The van der Waals surface area contributed by atoms with Crippen LogP contribution < -0.4 is 15.1 Å². The van der Waals surface area contributed by atoms with Crippen LogP contribution in [0, 0.1) is 5.92 Å². The van der Waals surface area contributed by atoms with Gasteiger partial charge in [0.25, 0.3) is 17.7 Å². The van der Waals surface area contributed by atoms with Gasteiger partial charge in [0.2, 0.25) is 5.91 Å². The highest BCUT2D eigenvalue weighted by Crippen LogP contribution is 2.30. The molecule has 12 nitrogen and oxygen atoms in total. The minimum atomic E-state index is -0.329. The lowest BCUT2D eigenvalue weighted by Gasteiger charge is -2.18. The molecule has 0 aliphatic heterocycles. The van der Waals surface area contributed by atoms with Crippen LogP contribution in [0.3, 0.4) is 0 Å². The Labute approximate surface area is 227 Å². The maximum absolute atomic E-state index is 13.1. The van der Waals surface area contributed by atoms with Crippen LogP contribution in [0.5, 0.6) is 0 Å². The third kappa shape index (κ3) is 6.58. The van der Waals surface area contributed by atoms with E-state index in [0.29, 0.717) is 35.0 Å². The number of nitrogens with one attached hydrogen (secondary N) is 4. The highest BCUT2D eigenvalue weighted by molar-refractivity contribution is 6.08. The van der Waals surface area contributed by atoms with Crippen molar-refractivity contribution < 1.29 is 19.2 Å². The van der Waals surface area contributed by atoms with Crippen LogP contribution in [-0.2, 0) is 4.79 Å². The van der Waals surface area contributed by atoms with E-state index >= 15 is 0 Å². The van der Waals surface area contributed by atoms with E-state index in [1.165, 1.54) is 9.80 Å². The molecule has 1 aliphatic carbocycles. The van der Waals surface area contributed by atoms with Crippen LogP contribution in [0.4, 0.5) is 17.1 Å². The predicted octanol–water partition coefficient (Wildman–Crippen LogP) is 2.60. The van der Waals surface area contributed by atoms with Crippen LogP contribution in [0.15, 0.2) is 36.8 Å². The molecular formula is C27H36N8O4. The van der Waals surface area contributed by atoms with E-state index in [1.54, 1.807) is 62.8 Å². The van der Waals surface area contributed by atoms with E-state index in [9.17, 15) is 19.2 Å². The zero-order chi connectivity index (χ0) is 28.3. The number of carbonyl (C=O) groups excluding carboxylic acids is 4. The van der Waals surface area contributed by atoms with Crippen molar-refractivity contribution in [1.82, 2.24) is 24.8 Å². The minimum absolute atomic E-state index is 0.0369. The number of hydrogen-bond acceptors (Lipinski definition) is 5. The highest BCUT2D eigenvalue weighted by atomic mass is 16.2. The van der Waals surface area contributed by atoms with Crippen molar-refractivity contribution in [3.8, 4) is 0 Å². The number of aromatic amines is 3. The molecule has 1 fully saturated rings. The van der Waals surface area contributed by atoms with Gasteiger partial charge >= 0.3 is 0 Å². The number of nitrogens with zero attached hydrogens (tertiary/aromatic N) is 4. The average molecular weight is 537 g/mol. The van der Waals surface area contributed by atoms with Gasteiger partial charge in [-0.15, -0.1) is 0 Å². The average Bonchev–Trinajstić information content (AvgIpc) is 3.28. The smallest absolute Gasteiger partial charge is 0.274 e. The molecule has 0 spiro atoms. The molecule has 3 heterocycles. The minimum Gasteiger partial charge on any atom is -0.355 e. The van der Waals surface area contributed by atoms with Crippen molar-refractivity contribution in [2.75, 3.05) is 63.4 Å². The lowest BCUT2D eigenvalue weighted by Crippen LogP contribution is -2.30. The molecule has 0 atom stereocenters. The molecule has 39 heavy (non-hydrogen) atoms. The monoisotopic (exact) mass is 536 g/mol. The van der Waals surface area contributed by atoms with E-state index in [-0.39, 0.29) is 35.2 Å². The summed E-state index contributed by atoms with van der Waals surface area (Å²) in [6.07, 6.45) is 7.42. The van der Waals surface area contributed by atoms with Crippen molar-refractivity contribution in [2.45, 2.75) is 19.3 Å². The van der Waals surface area contributed by atoms with Gasteiger partial charge in [-0.05, 0) is 58.1 Å². The first-order valence-corrected chi connectivity index (χ1v) is 12.9. The zero-order valence-electron chi connectivity index (χ0n) is 23.0. The van der Waals surface area contributed by atoms with Crippen LogP contribution in [0.2, 0.25) is 0 Å². The van der Waals surface area contributed by atoms with Gasteiger partial charge < -0.3 is 39.9 Å². The lowest BCUT2D eigenvalue weighted by molar-refractivity contribution is -0.117. The van der Waals surface area contributed by atoms with Crippen molar-refractivity contribution in [3.05, 3.63) is 53.9 Å². The van der Waals surface area contributed by atoms with Gasteiger partial charge in [-0.2, -0.15) is 0 Å². The Balaban J connectivity index is 1.36. The second-order valence-electron chi connectivity index (χ2n) is 10.2. The molecule has 3 aromatic heterocycles. The first-order chi connectivity index (χ1) is 18.5. The molecule has 1 saturated carbocycles.